The number of nitrogens with zero attached hydrogens (tertiary/aromatic N) is 1. The molecule has 3 heteroatoms. The summed E-state index contributed by atoms with van der Waals surface area (Å²) in [6.45, 7) is 7.83. The predicted octanol–water partition coefficient (Wildman–Crippen LogP) is 3.69. The van der Waals surface area contributed by atoms with Crippen molar-refractivity contribution in [2.45, 2.75) is 52.1 Å². The van der Waals surface area contributed by atoms with Crippen molar-refractivity contribution >= 4 is 15.9 Å². The molecule has 1 aliphatic heterocycles. The molecule has 1 fully saturated rings. The third kappa shape index (κ3) is 4.88. The molecule has 1 saturated heterocycles. The molecule has 1 atom stereocenters. The van der Waals surface area contributed by atoms with Crippen LogP contribution in [0.2, 0.25) is 0 Å². The van der Waals surface area contributed by atoms with E-state index in [4.69, 9.17) is 4.74 Å². The van der Waals surface area contributed by atoms with Gasteiger partial charge in [-0.15, -0.1) is 0 Å². The van der Waals surface area contributed by atoms with Crippen LogP contribution in [0, 0.1) is 5.41 Å². The normalized spacial score (nSPS) is 22.1. The monoisotopic (exact) mass is 305 g/mol. The maximum atomic E-state index is 5.81. The molecular weight excluding hydrogens is 278 g/mol. The van der Waals surface area contributed by atoms with Gasteiger partial charge in [0.05, 0.1) is 6.10 Å². The van der Waals surface area contributed by atoms with Gasteiger partial charge in [0.1, 0.15) is 0 Å². The molecule has 0 aromatic heterocycles. The summed E-state index contributed by atoms with van der Waals surface area (Å²) < 4.78 is 5.81. The first-order valence-electron chi connectivity index (χ1n) is 7.02. The maximum absolute atomic E-state index is 5.81. The predicted molar refractivity (Wildman–Crippen MR) is 77.9 cm³/mol. The third-order valence-electron chi connectivity index (χ3n) is 4.18. The molecule has 1 heterocycles. The van der Waals surface area contributed by atoms with Crippen LogP contribution in [0.25, 0.3) is 0 Å². The van der Waals surface area contributed by atoms with Crippen LogP contribution in [-0.2, 0) is 4.74 Å². The first kappa shape index (κ1) is 15.5. The second kappa shape index (κ2) is 7.75. The number of alkyl halides is 1. The lowest BCUT2D eigenvalue weighted by Crippen LogP contribution is -2.41. The summed E-state index contributed by atoms with van der Waals surface area (Å²) >= 11 is 3.69. The molecule has 1 aliphatic rings. The fourth-order valence-electron chi connectivity index (χ4n) is 2.64. The van der Waals surface area contributed by atoms with Crippen molar-refractivity contribution in [3.63, 3.8) is 0 Å². The highest BCUT2D eigenvalue weighted by Gasteiger charge is 2.27. The topological polar surface area (TPSA) is 12.5 Å². The maximum Gasteiger partial charge on any atom is 0.0701 e. The molecule has 2 nitrogen and oxygen atoms in total. The highest BCUT2D eigenvalue weighted by Crippen LogP contribution is 2.29. The molecule has 17 heavy (non-hydrogen) atoms. The smallest absolute Gasteiger partial charge is 0.0701 e. The number of hydrogen-bond acceptors (Lipinski definition) is 2. The van der Waals surface area contributed by atoms with Crippen LogP contribution in [0.1, 0.15) is 46.0 Å². The summed E-state index contributed by atoms with van der Waals surface area (Å²) in [6, 6.07) is 0. The molecule has 1 unspecified atom stereocenters. The molecular formula is C14H28BrNO. The lowest BCUT2D eigenvalue weighted by atomic mass is 9.84. The molecule has 102 valence electrons. The Bertz CT molecular complexity index is 192. The number of halogens is 1. The van der Waals surface area contributed by atoms with Gasteiger partial charge in [-0.25, -0.2) is 0 Å². The summed E-state index contributed by atoms with van der Waals surface area (Å²) in [6.07, 6.45) is 6.77. The number of ether oxygens (including phenoxy) is 1. The first-order valence-corrected chi connectivity index (χ1v) is 8.14. The average molecular weight is 306 g/mol. The quantitative estimate of drug-likeness (QED) is 0.665. The molecule has 0 aliphatic carbocycles. The lowest BCUT2D eigenvalue weighted by molar-refractivity contribution is -0.00713. The Morgan fingerprint density at radius 1 is 1.29 bits per heavy atom. The van der Waals surface area contributed by atoms with Gasteiger partial charge in [-0.3, -0.25) is 0 Å². The highest BCUT2D eigenvalue weighted by atomic mass is 79.9. The van der Waals surface area contributed by atoms with Gasteiger partial charge in [0.15, 0.2) is 0 Å². The second-order valence-electron chi connectivity index (χ2n) is 5.53. The first-order chi connectivity index (χ1) is 8.15. The van der Waals surface area contributed by atoms with Crippen LogP contribution in [0.5, 0.6) is 0 Å². The van der Waals surface area contributed by atoms with Crippen molar-refractivity contribution in [3.8, 4) is 0 Å². The Balaban J connectivity index is 2.38. The van der Waals surface area contributed by atoms with E-state index in [0.717, 1.165) is 18.5 Å². The lowest BCUT2D eigenvalue weighted by Gasteiger charge is -2.36. The van der Waals surface area contributed by atoms with E-state index in [9.17, 15) is 0 Å². The third-order valence-corrected chi connectivity index (χ3v) is 5.37. The molecule has 0 saturated carbocycles. The SMILES string of the molecule is CCC(CC)(CBr)CN(C)CC1CCCCO1. The van der Waals surface area contributed by atoms with Gasteiger partial charge in [0.25, 0.3) is 0 Å². The Labute approximate surface area is 115 Å². The molecule has 0 N–H and O–H groups in total. The molecule has 0 aromatic carbocycles. The van der Waals surface area contributed by atoms with E-state index in [1.165, 1.54) is 38.6 Å². The Hall–Kier alpha value is 0.400. The van der Waals surface area contributed by atoms with Crippen LogP contribution in [-0.4, -0.2) is 43.1 Å². The van der Waals surface area contributed by atoms with Gasteiger partial charge in [-0.05, 0) is 44.6 Å². The molecule has 0 aromatic rings. The van der Waals surface area contributed by atoms with Crippen molar-refractivity contribution in [1.82, 2.24) is 4.90 Å². The highest BCUT2D eigenvalue weighted by molar-refractivity contribution is 9.09. The van der Waals surface area contributed by atoms with Crippen LogP contribution in [0.15, 0.2) is 0 Å². The van der Waals surface area contributed by atoms with Crippen molar-refractivity contribution in [2.24, 2.45) is 5.41 Å². The van der Waals surface area contributed by atoms with Crippen molar-refractivity contribution in [3.05, 3.63) is 0 Å². The van der Waals surface area contributed by atoms with E-state index in [-0.39, 0.29) is 0 Å². The van der Waals surface area contributed by atoms with E-state index in [1.807, 2.05) is 0 Å². The van der Waals surface area contributed by atoms with Gasteiger partial charge in [-0.2, -0.15) is 0 Å². The minimum Gasteiger partial charge on any atom is -0.377 e. The van der Waals surface area contributed by atoms with Crippen LogP contribution >= 0.6 is 15.9 Å². The molecule has 0 bridgehead atoms. The van der Waals surface area contributed by atoms with Crippen molar-refractivity contribution in [1.29, 1.82) is 0 Å². The second-order valence-corrected chi connectivity index (χ2v) is 6.09. The summed E-state index contributed by atoms with van der Waals surface area (Å²) in [5.41, 5.74) is 0.434. The van der Waals surface area contributed by atoms with Gasteiger partial charge >= 0.3 is 0 Å². The van der Waals surface area contributed by atoms with Gasteiger partial charge in [0, 0.05) is 25.0 Å². The number of hydrogen-bond donors (Lipinski definition) is 0. The average Bonchev–Trinajstić information content (AvgIpc) is 2.37. The van der Waals surface area contributed by atoms with Crippen LogP contribution in [0.3, 0.4) is 0 Å². The fraction of sp³-hybridized carbons (Fsp3) is 1.00. The molecule has 0 radical (unpaired) electrons. The summed E-state index contributed by atoms with van der Waals surface area (Å²) in [5, 5.41) is 1.10. The summed E-state index contributed by atoms with van der Waals surface area (Å²) in [4.78, 5) is 2.46. The molecule has 0 amide bonds. The summed E-state index contributed by atoms with van der Waals surface area (Å²) in [5.74, 6) is 0. The zero-order valence-electron chi connectivity index (χ0n) is 11.7. The van der Waals surface area contributed by atoms with Gasteiger partial charge in [0.2, 0.25) is 0 Å². The zero-order chi connectivity index (χ0) is 12.7. The largest absolute Gasteiger partial charge is 0.377 e. The van der Waals surface area contributed by atoms with E-state index in [2.05, 4.69) is 41.7 Å². The Morgan fingerprint density at radius 2 is 2.00 bits per heavy atom. The fourth-order valence-corrected chi connectivity index (χ4v) is 3.61. The van der Waals surface area contributed by atoms with Crippen LogP contribution in [0.4, 0.5) is 0 Å². The minimum absolute atomic E-state index is 0.434. The Kier molecular flexibility index (Phi) is 7.05. The molecule has 1 rings (SSSR count). The number of rotatable bonds is 7. The van der Waals surface area contributed by atoms with E-state index >= 15 is 0 Å². The summed E-state index contributed by atoms with van der Waals surface area (Å²) in [7, 11) is 2.24. The minimum atomic E-state index is 0.434. The standard InChI is InChI=1S/C14H28BrNO/c1-4-14(5-2,11-15)12-16(3)10-13-8-6-7-9-17-13/h13H,4-12H2,1-3H3. The van der Waals surface area contributed by atoms with E-state index < -0.39 is 0 Å². The van der Waals surface area contributed by atoms with Crippen molar-refractivity contribution < 1.29 is 4.74 Å². The zero-order valence-corrected chi connectivity index (χ0v) is 13.3. The van der Waals surface area contributed by atoms with Crippen molar-refractivity contribution in [2.75, 3.05) is 32.1 Å². The van der Waals surface area contributed by atoms with E-state index in [0.29, 0.717) is 11.5 Å². The van der Waals surface area contributed by atoms with Gasteiger partial charge in [-0.1, -0.05) is 29.8 Å². The van der Waals surface area contributed by atoms with E-state index in [1.54, 1.807) is 0 Å². The number of likely N-dealkylation sites (N-methyl/N-ethyl adjacent to an activating group) is 1. The van der Waals surface area contributed by atoms with Crippen LogP contribution < -0.4 is 0 Å². The Morgan fingerprint density at radius 3 is 2.47 bits per heavy atom. The van der Waals surface area contributed by atoms with Gasteiger partial charge < -0.3 is 9.64 Å². The molecule has 0 spiro atoms.